The molecule has 1 aromatic rings. The third-order valence-electron chi connectivity index (χ3n) is 5.09. The maximum atomic E-state index is 13.6. The molecule has 2 fully saturated rings. The lowest BCUT2D eigenvalue weighted by molar-refractivity contribution is -0.387. The summed E-state index contributed by atoms with van der Waals surface area (Å²) in [5, 5.41) is 10.6. The van der Waals surface area contributed by atoms with Gasteiger partial charge in [0.05, 0.1) is 4.92 Å². The Kier molecular flexibility index (Phi) is 5.20. The zero-order chi connectivity index (χ0) is 18.0. The summed E-state index contributed by atoms with van der Waals surface area (Å²) in [6.07, 6.45) is 6.38. The minimum atomic E-state index is -0.963. The average molecular weight is 350 g/mol. The van der Waals surface area contributed by atoms with Crippen molar-refractivity contribution in [2.75, 3.05) is 6.61 Å². The Labute approximate surface area is 146 Å². The largest absolute Gasteiger partial charge is 0.484 e. The molecule has 2 saturated carbocycles. The van der Waals surface area contributed by atoms with E-state index in [2.05, 4.69) is 6.92 Å². The highest BCUT2D eigenvalue weighted by atomic mass is 19.1. The van der Waals surface area contributed by atoms with E-state index in [1.807, 2.05) is 4.90 Å². The summed E-state index contributed by atoms with van der Waals surface area (Å²) < 4.78 is 19.0. The second kappa shape index (κ2) is 7.37. The van der Waals surface area contributed by atoms with E-state index in [-0.39, 0.29) is 24.3 Å². The molecule has 2 aliphatic rings. The maximum Gasteiger partial charge on any atom is 0.305 e. The van der Waals surface area contributed by atoms with Crippen molar-refractivity contribution in [3.8, 4) is 5.75 Å². The van der Waals surface area contributed by atoms with E-state index in [1.165, 1.54) is 6.07 Å². The quantitative estimate of drug-likeness (QED) is 0.579. The van der Waals surface area contributed by atoms with Gasteiger partial charge in [-0.3, -0.25) is 14.9 Å². The van der Waals surface area contributed by atoms with E-state index in [1.54, 1.807) is 0 Å². The summed E-state index contributed by atoms with van der Waals surface area (Å²) in [7, 11) is 0. The minimum absolute atomic E-state index is 0.0826. The van der Waals surface area contributed by atoms with Gasteiger partial charge in [0.15, 0.2) is 6.61 Å². The van der Waals surface area contributed by atoms with E-state index in [0.717, 1.165) is 50.7 Å². The van der Waals surface area contributed by atoms with Gasteiger partial charge in [-0.15, -0.1) is 0 Å². The SMILES string of the molecule is CC1CCC(N(C(=O)COc2ccc([N+](=O)[O-])c(F)c2)C2CC2)CC1. The van der Waals surface area contributed by atoms with Gasteiger partial charge in [-0.1, -0.05) is 6.92 Å². The molecule has 0 bridgehead atoms. The van der Waals surface area contributed by atoms with E-state index in [9.17, 15) is 19.3 Å². The monoisotopic (exact) mass is 350 g/mol. The van der Waals surface area contributed by atoms with Crippen LogP contribution >= 0.6 is 0 Å². The number of benzene rings is 1. The number of hydrogen-bond donors (Lipinski definition) is 0. The molecular weight excluding hydrogens is 327 g/mol. The Morgan fingerprint density at radius 3 is 2.36 bits per heavy atom. The first-order valence-electron chi connectivity index (χ1n) is 8.83. The topological polar surface area (TPSA) is 72.7 Å². The Morgan fingerprint density at radius 2 is 1.84 bits per heavy atom. The summed E-state index contributed by atoms with van der Waals surface area (Å²) in [4.78, 5) is 24.4. The zero-order valence-corrected chi connectivity index (χ0v) is 14.3. The molecule has 7 heteroatoms. The van der Waals surface area contributed by atoms with Gasteiger partial charge in [-0.05, 0) is 50.5 Å². The van der Waals surface area contributed by atoms with Crippen molar-refractivity contribution in [2.24, 2.45) is 5.92 Å². The molecule has 25 heavy (non-hydrogen) atoms. The summed E-state index contributed by atoms with van der Waals surface area (Å²) >= 11 is 0. The highest BCUT2D eigenvalue weighted by Crippen LogP contribution is 2.35. The van der Waals surface area contributed by atoms with Crippen LogP contribution in [-0.4, -0.2) is 34.4 Å². The molecule has 2 aliphatic carbocycles. The molecule has 6 nitrogen and oxygen atoms in total. The lowest BCUT2D eigenvalue weighted by Crippen LogP contribution is -2.45. The van der Waals surface area contributed by atoms with Gasteiger partial charge < -0.3 is 9.64 Å². The lowest BCUT2D eigenvalue weighted by Gasteiger charge is -2.36. The predicted molar refractivity (Wildman–Crippen MR) is 89.8 cm³/mol. The van der Waals surface area contributed by atoms with E-state index < -0.39 is 16.4 Å². The van der Waals surface area contributed by atoms with Gasteiger partial charge in [0.2, 0.25) is 5.82 Å². The van der Waals surface area contributed by atoms with Crippen LogP contribution in [0.3, 0.4) is 0 Å². The van der Waals surface area contributed by atoms with Gasteiger partial charge in [-0.2, -0.15) is 4.39 Å². The molecule has 0 spiro atoms. The number of halogens is 1. The number of nitro groups is 1. The molecule has 0 saturated heterocycles. The summed E-state index contributed by atoms with van der Waals surface area (Å²) in [5.41, 5.74) is -0.602. The van der Waals surface area contributed by atoms with Crippen LogP contribution in [-0.2, 0) is 4.79 Å². The molecule has 0 aromatic heterocycles. The molecule has 136 valence electrons. The van der Waals surface area contributed by atoms with Crippen molar-refractivity contribution in [3.05, 3.63) is 34.1 Å². The van der Waals surface area contributed by atoms with Crippen LogP contribution in [0.4, 0.5) is 10.1 Å². The van der Waals surface area contributed by atoms with Crippen molar-refractivity contribution >= 4 is 11.6 Å². The second-order valence-electron chi connectivity index (χ2n) is 7.10. The fourth-order valence-electron chi connectivity index (χ4n) is 3.52. The number of carbonyl (C=O) groups excluding carboxylic acids is 1. The number of hydrogen-bond acceptors (Lipinski definition) is 4. The first kappa shape index (κ1) is 17.6. The van der Waals surface area contributed by atoms with Crippen LogP contribution in [0.2, 0.25) is 0 Å². The third-order valence-corrected chi connectivity index (χ3v) is 5.09. The molecule has 0 N–H and O–H groups in total. The van der Waals surface area contributed by atoms with Crippen molar-refractivity contribution in [3.63, 3.8) is 0 Å². The fourth-order valence-corrected chi connectivity index (χ4v) is 3.52. The molecule has 0 radical (unpaired) electrons. The average Bonchev–Trinajstić information content (AvgIpc) is 3.39. The Morgan fingerprint density at radius 1 is 1.24 bits per heavy atom. The Bertz CT molecular complexity index is 654. The smallest absolute Gasteiger partial charge is 0.305 e. The number of nitro benzene ring substituents is 1. The summed E-state index contributed by atoms with van der Waals surface area (Å²) in [6, 6.07) is 3.90. The van der Waals surface area contributed by atoms with E-state index in [4.69, 9.17) is 4.74 Å². The molecule has 0 heterocycles. The zero-order valence-electron chi connectivity index (χ0n) is 14.3. The highest BCUT2D eigenvalue weighted by molar-refractivity contribution is 5.78. The van der Waals surface area contributed by atoms with Crippen LogP contribution < -0.4 is 4.74 Å². The second-order valence-corrected chi connectivity index (χ2v) is 7.10. The molecule has 0 atom stereocenters. The predicted octanol–water partition coefficient (Wildman–Crippen LogP) is 3.68. The summed E-state index contributed by atoms with van der Waals surface area (Å²) in [6.45, 7) is 2.07. The van der Waals surface area contributed by atoms with Gasteiger partial charge in [0.1, 0.15) is 5.75 Å². The Hall–Kier alpha value is -2.18. The van der Waals surface area contributed by atoms with Crippen LogP contribution in [0.25, 0.3) is 0 Å². The van der Waals surface area contributed by atoms with Crippen molar-refractivity contribution in [2.45, 2.75) is 57.5 Å². The van der Waals surface area contributed by atoms with E-state index in [0.29, 0.717) is 12.0 Å². The molecule has 0 aliphatic heterocycles. The van der Waals surface area contributed by atoms with Gasteiger partial charge in [0, 0.05) is 24.2 Å². The highest BCUT2D eigenvalue weighted by Gasteiger charge is 2.38. The van der Waals surface area contributed by atoms with Gasteiger partial charge in [-0.25, -0.2) is 0 Å². The summed E-state index contributed by atoms with van der Waals surface area (Å²) in [5.74, 6) is -0.202. The fraction of sp³-hybridized carbons (Fsp3) is 0.611. The van der Waals surface area contributed by atoms with Crippen LogP contribution in [0, 0.1) is 21.8 Å². The number of carbonyl (C=O) groups is 1. The molecule has 1 amide bonds. The third kappa shape index (κ3) is 4.27. The van der Waals surface area contributed by atoms with Gasteiger partial charge >= 0.3 is 5.69 Å². The van der Waals surface area contributed by atoms with Gasteiger partial charge in [0.25, 0.3) is 5.91 Å². The van der Waals surface area contributed by atoms with Crippen molar-refractivity contribution in [1.82, 2.24) is 4.90 Å². The number of rotatable bonds is 6. The van der Waals surface area contributed by atoms with E-state index >= 15 is 0 Å². The van der Waals surface area contributed by atoms with Crippen LogP contribution in [0.5, 0.6) is 5.75 Å². The molecular formula is C18H23FN2O4. The standard InChI is InChI=1S/C18H23FN2O4/c1-12-2-4-13(5-3-12)20(14-6-7-14)18(22)11-25-15-8-9-17(21(23)24)16(19)10-15/h8-10,12-14H,2-7,11H2,1H3. The molecule has 1 aromatic carbocycles. The first-order chi connectivity index (χ1) is 12.0. The minimum Gasteiger partial charge on any atom is -0.484 e. The first-order valence-corrected chi connectivity index (χ1v) is 8.83. The molecule has 0 unspecified atom stereocenters. The number of ether oxygens (including phenoxy) is 1. The number of amides is 1. The van der Waals surface area contributed by atoms with Crippen molar-refractivity contribution in [1.29, 1.82) is 0 Å². The van der Waals surface area contributed by atoms with Crippen LogP contribution in [0.1, 0.15) is 45.4 Å². The van der Waals surface area contributed by atoms with Crippen LogP contribution in [0.15, 0.2) is 18.2 Å². The normalized spacial score (nSPS) is 23.1. The lowest BCUT2D eigenvalue weighted by atomic mass is 9.86. The molecule has 3 rings (SSSR count). The van der Waals surface area contributed by atoms with Crippen molar-refractivity contribution < 1.29 is 18.8 Å². The maximum absolute atomic E-state index is 13.6. The Balaban J connectivity index is 1.60. The number of nitrogens with zero attached hydrogens (tertiary/aromatic N) is 2.